The van der Waals surface area contributed by atoms with Gasteiger partial charge in [-0.25, -0.2) is 0 Å². The Hall–Kier alpha value is -1.22. The molecule has 0 aliphatic carbocycles. The Bertz CT molecular complexity index is 375. The third-order valence-electron chi connectivity index (χ3n) is 2.89. The highest BCUT2D eigenvalue weighted by molar-refractivity contribution is 5.88. The first-order valence-corrected chi connectivity index (χ1v) is 4.57. The van der Waals surface area contributed by atoms with E-state index in [-0.39, 0.29) is 6.04 Å². The van der Waals surface area contributed by atoms with Crippen molar-refractivity contribution in [3.8, 4) is 0 Å². The Morgan fingerprint density at radius 2 is 2.46 bits per heavy atom. The molecule has 0 saturated carbocycles. The fraction of sp³-hybridized carbons (Fsp3) is 0.400. The monoisotopic (exact) mass is 174 g/mol. The molecule has 66 valence electrons. The van der Waals surface area contributed by atoms with Crippen LogP contribution in [0.25, 0.3) is 0 Å². The molecule has 0 spiro atoms. The van der Waals surface area contributed by atoms with Crippen LogP contribution in [0.2, 0.25) is 0 Å². The van der Waals surface area contributed by atoms with Crippen LogP contribution in [0, 0.1) is 0 Å². The van der Waals surface area contributed by atoms with Crippen molar-refractivity contribution in [2.75, 3.05) is 6.54 Å². The highest BCUT2D eigenvalue weighted by Crippen LogP contribution is 2.37. The highest BCUT2D eigenvalue weighted by atomic mass is 16.1. The van der Waals surface area contributed by atoms with Crippen LogP contribution in [0.1, 0.15) is 23.7 Å². The summed E-state index contributed by atoms with van der Waals surface area (Å²) in [5, 5.41) is 0. The number of rotatable bonds is 0. The van der Waals surface area contributed by atoms with Gasteiger partial charge >= 0.3 is 0 Å². The number of nitrogens with zero attached hydrogens (tertiary/aromatic N) is 2. The first kappa shape index (κ1) is 7.21. The molecule has 2 aliphatic heterocycles. The molecule has 0 amide bonds. The van der Waals surface area contributed by atoms with E-state index in [0.717, 1.165) is 24.3 Å². The van der Waals surface area contributed by atoms with Crippen molar-refractivity contribution in [3.63, 3.8) is 0 Å². The number of fused-ring (bicyclic) bond motifs is 3. The maximum atomic E-state index is 11.5. The maximum absolute atomic E-state index is 11.5. The Morgan fingerprint density at radius 3 is 3.38 bits per heavy atom. The molecule has 0 aromatic carbocycles. The minimum Gasteiger partial charge on any atom is -0.297 e. The Morgan fingerprint density at radius 1 is 1.54 bits per heavy atom. The van der Waals surface area contributed by atoms with Crippen LogP contribution in [0.3, 0.4) is 0 Å². The van der Waals surface area contributed by atoms with Gasteiger partial charge < -0.3 is 0 Å². The SMILES string of the molecule is O=C1CCN2Cc3ncccc3C12. The molecule has 1 atom stereocenters. The molecule has 0 N–H and O–H groups in total. The van der Waals surface area contributed by atoms with Gasteiger partial charge in [-0.3, -0.25) is 14.7 Å². The standard InChI is InChI=1S/C10H10N2O/c13-9-3-5-12-6-8-7(10(9)12)2-1-4-11-8/h1-2,4,10H,3,5-6H2. The first-order chi connectivity index (χ1) is 6.36. The predicted molar refractivity (Wildman–Crippen MR) is 47.0 cm³/mol. The Balaban J connectivity index is 2.13. The van der Waals surface area contributed by atoms with Crippen molar-refractivity contribution >= 4 is 5.78 Å². The third kappa shape index (κ3) is 0.877. The van der Waals surface area contributed by atoms with E-state index in [4.69, 9.17) is 0 Å². The molecule has 1 aromatic rings. The number of hydrogen-bond acceptors (Lipinski definition) is 3. The van der Waals surface area contributed by atoms with E-state index in [1.54, 1.807) is 6.20 Å². The van der Waals surface area contributed by atoms with E-state index < -0.39 is 0 Å². The zero-order valence-electron chi connectivity index (χ0n) is 7.23. The summed E-state index contributed by atoms with van der Waals surface area (Å²) in [4.78, 5) is 18.0. The van der Waals surface area contributed by atoms with E-state index in [0.29, 0.717) is 12.2 Å². The quantitative estimate of drug-likeness (QED) is 0.586. The van der Waals surface area contributed by atoms with Gasteiger partial charge in [0.25, 0.3) is 0 Å². The summed E-state index contributed by atoms with van der Waals surface area (Å²) in [6, 6.07) is 3.97. The zero-order valence-corrected chi connectivity index (χ0v) is 7.23. The molecule has 3 rings (SSSR count). The second kappa shape index (κ2) is 2.39. The molecule has 0 radical (unpaired) electrons. The predicted octanol–water partition coefficient (Wildman–Crippen LogP) is 0.911. The molecule has 3 nitrogen and oxygen atoms in total. The number of pyridine rings is 1. The van der Waals surface area contributed by atoms with Crippen molar-refractivity contribution in [3.05, 3.63) is 29.6 Å². The van der Waals surface area contributed by atoms with Crippen molar-refractivity contribution in [1.82, 2.24) is 9.88 Å². The minimum absolute atomic E-state index is 0.0312. The first-order valence-electron chi connectivity index (χ1n) is 4.57. The molecule has 3 heteroatoms. The van der Waals surface area contributed by atoms with Crippen LogP contribution < -0.4 is 0 Å². The molecule has 1 unspecified atom stereocenters. The minimum atomic E-state index is 0.0312. The van der Waals surface area contributed by atoms with Gasteiger partial charge in [0.2, 0.25) is 0 Å². The van der Waals surface area contributed by atoms with Gasteiger partial charge in [-0.1, -0.05) is 6.07 Å². The second-order valence-electron chi connectivity index (χ2n) is 3.63. The number of ketones is 1. The third-order valence-corrected chi connectivity index (χ3v) is 2.89. The van der Waals surface area contributed by atoms with Gasteiger partial charge in [0.05, 0.1) is 11.7 Å². The van der Waals surface area contributed by atoms with Crippen LogP contribution in [0.15, 0.2) is 18.3 Å². The number of hydrogen-bond donors (Lipinski definition) is 0. The summed E-state index contributed by atoms with van der Waals surface area (Å²) in [5.41, 5.74) is 2.21. The van der Waals surface area contributed by atoms with Crippen LogP contribution in [0.4, 0.5) is 0 Å². The van der Waals surface area contributed by atoms with Crippen molar-refractivity contribution in [2.45, 2.75) is 19.0 Å². The average molecular weight is 174 g/mol. The van der Waals surface area contributed by atoms with Crippen LogP contribution in [0.5, 0.6) is 0 Å². The van der Waals surface area contributed by atoms with Crippen LogP contribution in [-0.4, -0.2) is 22.2 Å². The smallest absolute Gasteiger partial charge is 0.155 e. The second-order valence-corrected chi connectivity index (χ2v) is 3.63. The number of aromatic nitrogens is 1. The van der Waals surface area contributed by atoms with E-state index in [2.05, 4.69) is 9.88 Å². The van der Waals surface area contributed by atoms with Gasteiger partial charge in [-0.15, -0.1) is 0 Å². The van der Waals surface area contributed by atoms with E-state index in [1.807, 2.05) is 12.1 Å². The summed E-state index contributed by atoms with van der Waals surface area (Å²) >= 11 is 0. The van der Waals surface area contributed by atoms with Gasteiger partial charge in [-0.2, -0.15) is 0 Å². The molecule has 0 bridgehead atoms. The lowest BCUT2D eigenvalue weighted by molar-refractivity contribution is -0.119. The zero-order chi connectivity index (χ0) is 8.84. The van der Waals surface area contributed by atoms with Crippen LogP contribution in [-0.2, 0) is 11.3 Å². The van der Waals surface area contributed by atoms with E-state index in [1.165, 1.54) is 0 Å². The summed E-state index contributed by atoms with van der Waals surface area (Å²) in [6.07, 6.45) is 2.50. The maximum Gasteiger partial charge on any atom is 0.155 e. The topological polar surface area (TPSA) is 33.2 Å². The summed E-state index contributed by atoms with van der Waals surface area (Å²) < 4.78 is 0. The molecule has 1 fully saturated rings. The Kier molecular flexibility index (Phi) is 1.32. The molecule has 1 saturated heterocycles. The molecule has 3 heterocycles. The van der Waals surface area contributed by atoms with E-state index in [9.17, 15) is 4.79 Å². The van der Waals surface area contributed by atoms with Crippen molar-refractivity contribution < 1.29 is 4.79 Å². The van der Waals surface area contributed by atoms with Crippen LogP contribution >= 0.6 is 0 Å². The number of Topliss-reactive ketones (excluding diaryl/α,β-unsaturated/α-hetero) is 1. The summed E-state index contributed by atoms with van der Waals surface area (Å²) in [7, 11) is 0. The van der Waals surface area contributed by atoms with Crippen molar-refractivity contribution in [2.24, 2.45) is 0 Å². The van der Waals surface area contributed by atoms with E-state index >= 15 is 0 Å². The molecular weight excluding hydrogens is 164 g/mol. The Labute approximate surface area is 76.4 Å². The van der Waals surface area contributed by atoms with Gasteiger partial charge in [0.1, 0.15) is 0 Å². The highest BCUT2D eigenvalue weighted by Gasteiger charge is 2.40. The fourth-order valence-corrected chi connectivity index (χ4v) is 2.29. The fourth-order valence-electron chi connectivity index (χ4n) is 2.29. The largest absolute Gasteiger partial charge is 0.297 e. The molecular formula is C10H10N2O. The average Bonchev–Trinajstić information content (AvgIpc) is 2.66. The normalized spacial score (nSPS) is 26.2. The molecule has 13 heavy (non-hydrogen) atoms. The summed E-state index contributed by atoms with van der Waals surface area (Å²) in [5.74, 6) is 0.353. The summed E-state index contributed by atoms with van der Waals surface area (Å²) in [6.45, 7) is 1.76. The lowest BCUT2D eigenvalue weighted by Crippen LogP contribution is -2.17. The molecule has 1 aromatic heterocycles. The number of carbonyl (C=O) groups is 1. The van der Waals surface area contributed by atoms with Crippen molar-refractivity contribution in [1.29, 1.82) is 0 Å². The van der Waals surface area contributed by atoms with Gasteiger partial charge in [0.15, 0.2) is 5.78 Å². The lowest BCUT2D eigenvalue weighted by atomic mass is 10.1. The number of carbonyl (C=O) groups excluding carboxylic acids is 1. The van der Waals surface area contributed by atoms with Gasteiger partial charge in [0, 0.05) is 25.7 Å². The lowest BCUT2D eigenvalue weighted by Gasteiger charge is -2.11. The molecule has 2 aliphatic rings. The van der Waals surface area contributed by atoms with Gasteiger partial charge in [-0.05, 0) is 11.6 Å².